The van der Waals surface area contributed by atoms with Gasteiger partial charge in [-0.15, -0.1) is 0 Å². The van der Waals surface area contributed by atoms with E-state index in [1.807, 2.05) is 18.2 Å². The minimum absolute atomic E-state index is 0.104. The van der Waals surface area contributed by atoms with Crippen LogP contribution in [0.5, 0.6) is 5.75 Å². The Morgan fingerprint density at radius 1 is 1.12 bits per heavy atom. The first kappa shape index (κ1) is 21.3. The summed E-state index contributed by atoms with van der Waals surface area (Å²) in [5, 5.41) is 9.20. The number of anilines is 1. The van der Waals surface area contributed by atoms with Crippen molar-refractivity contribution in [2.24, 2.45) is 7.05 Å². The van der Waals surface area contributed by atoms with Gasteiger partial charge < -0.3 is 20.1 Å². The Balaban J connectivity index is 2.05. The van der Waals surface area contributed by atoms with E-state index in [0.717, 1.165) is 4.57 Å². The summed E-state index contributed by atoms with van der Waals surface area (Å²) in [6, 6.07) is 10.9. The summed E-state index contributed by atoms with van der Waals surface area (Å²) in [5.41, 5.74) is 7.21. The molecule has 0 unspecified atom stereocenters. The van der Waals surface area contributed by atoms with Crippen molar-refractivity contribution in [1.29, 1.82) is 0 Å². The van der Waals surface area contributed by atoms with Crippen LogP contribution in [0.2, 0.25) is 0 Å². The molecule has 4 aromatic rings. The molecule has 0 amide bonds. The molecule has 10 nitrogen and oxygen atoms in total. The average Bonchev–Trinajstić information content (AvgIpc) is 3.18. The molecular weight excluding hydrogens is 412 g/mol. The van der Waals surface area contributed by atoms with Crippen LogP contribution in [0.1, 0.15) is 12.1 Å². The quantitative estimate of drug-likeness (QED) is 0.442. The third-order valence-electron chi connectivity index (χ3n) is 5.29. The van der Waals surface area contributed by atoms with Gasteiger partial charge in [-0.05, 0) is 30.7 Å². The Labute approximate surface area is 183 Å². The second-order valence-corrected chi connectivity index (χ2v) is 7.35. The molecule has 0 atom stereocenters. The number of ether oxygens (including phenoxy) is 1. The fraction of sp³-hybridized carbons (Fsp3) is 0.273. The first-order chi connectivity index (χ1) is 15.5. The summed E-state index contributed by atoms with van der Waals surface area (Å²) in [6.45, 7) is 0.208. The number of aliphatic hydroxyl groups is 1. The fourth-order valence-corrected chi connectivity index (χ4v) is 3.68. The van der Waals surface area contributed by atoms with Gasteiger partial charge in [-0.1, -0.05) is 12.1 Å². The maximum absolute atomic E-state index is 13.4. The summed E-state index contributed by atoms with van der Waals surface area (Å²) in [4.78, 5) is 35.3. The highest BCUT2D eigenvalue weighted by atomic mass is 16.5. The summed E-state index contributed by atoms with van der Waals surface area (Å²) < 4.78 is 9.72. The molecule has 0 spiro atoms. The van der Waals surface area contributed by atoms with E-state index < -0.39 is 11.2 Å². The number of hydrogen-bond acceptors (Lipinski definition) is 7. The number of methoxy groups -OCH3 is 1. The van der Waals surface area contributed by atoms with Crippen LogP contribution >= 0.6 is 0 Å². The maximum Gasteiger partial charge on any atom is 0.332 e. The normalized spacial score (nSPS) is 11.2. The van der Waals surface area contributed by atoms with Crippen LogP contribution < -0.4 is 21.7 Å². The lowest BCUT2D eigenvalue weighted by Gasteiger charge is -2.12. The number of hydrogen-bond donors (Lipinski definition) is 2. The maximum atomic E-state index is 13.4. The van der Waals surface area contributed by atoms with Gasteiger partial charge in [0.25, 0.3) is 5.56 Å². The van der Waals surface area contributed by atoms with Gasteiger partial charge in [0.2, 0.25) is 0 Å². The molecule has 0 saturated carbocycles. The highest BCUT2D eigenvalue weighted by Crippen LogP contribution is 2.31. The van der Waals surface area contributed by atoms with Crippen LogP contribution in [0.3, 0.4) is 0 Å². The van der Waals surface area contributed by atoms with Crippen molar-refractivity contribution < 1.29 is 9.84 Å². The Bertz CT molecular complexity index is 1380. The summed E-state index contributed by atoms with van der Waals surface area (Å²) in [6.07, 6.45) is 1.83. The van der Waals surface area contributed by atoms with Crippen molar-refractivity contribution in [1.82, 2.24) is 23.7 Å². The number of nitrogen functional groups attached to an aromatic ring is 1. The standard InChI is InChI=1S/C22H24N6O4/c1-26-20-18(21(30)27(22(26)31)10-5-11-29)28(13-15-9-8-14(23)12-24-15)19(25-20)16-6-3-4-7-17(16)32-2/h3-4,6-9,12,29H,5,10-11,13,23H2,1-2H3. The molecule has 4 rings (SSSR count). The Morgan fingerprint density at radius 3 is 2.59 bits per heavy atom. The van der Waals surface area contributed by atoms with E-state index in [1.165, 1.54) is 4.57 Å². The van der Waals surface area contributed by atoms with Crippen LogP contribution in [-0.4, -0.2) is 42.5 Å². The average molecular weight is 436 g/mol. The smallest absolute Gasteiger partial charge is 0.332 e. The van der Waals surface area contributed by atoms with Gasteiger partial charge >= 0.3 is 5.69 Å². The van der Waals surface area contributed by atoms with Gasteiger partial charge in [0.15, 0.2) is 11.2 Å². The second-order valence-electron chi connectivity index (χ2n) is 7.35. The van der Waals surface area contributed by atoms with E-state index in [2.05, 4.69) is 9.97 Å². The molecule has 0 saturated heterocycles. The van der Waals surface area contributed by atoms with Crippen molar-refractivity contribution >= 4 is 16.9 Å². The third-order valence-corrected chi connectivity index (χ3v) is 5.29. The van der Waals surface area contributed by atoms with E-state index in [4.69, 9.17) is 10.5 Å². The van der Waals surface area contributed by atoms with Crippen molar-refractivity contribution in [3.8, 4) is 17.1 Å². The number of aryl methyl sites for hydroxylation is 1. The molecular formula is C22H24N6O4. The molecule has 1 aromatic carbocycles. The van der Waals surface area contributed by atoms with Gasteiger partial charge in [0.05, 0.1) is 36.8 Å². The number of rotatable bonds is 7. The number of pyridine rings is 1. The molecule has 3 heterocycles. The highest BCUT2D eigenvalue weighted by Gasteiger charge is 2.23. The number of imidazole rings is 1. The number of para-hydroxylation sites is 1. The van der Waals surface area contributed by atoms with Crippen LogP contribution in [0.15, 0.2) is 52.2 Å². The van der Waals surface area contributed by atoms with Crippen LogP contribution in [0.4, 0.5) is 5.69 Å². The first-order valence-electron chi connectivity index (χ1n) is 10.1. The van der Waals surface area contributed by atoms with E-state index >= 15 is 0 Å². The minimum Gasteiger partial charge on any atom is -0.496 e. The molecule has 0 aliphatic heterocycles. The lowest BCUT2D eigenvalue weighted by atomic mass is 10.2. The molecule has 3 N–H and O–H groups in total. The zero-order chi connectivity index (χ0) is 22.8. The van der Waals surface area contributed by atoms with Gasteiger partial charge in [0, 0.05) is 20.2 Å². The molecule has 32 heavy (non-hydrogen) atoms. The molecule has 0 fully saturated rings. The van der Waals surface area contributed by atoms with Gasteiger partial charge in [-0.3, -0.25) is 18.9 Å². The number of aliphatic hydroxyl groups excluding tert-OH is 1. The lowest BCUT2D eigenvalue weighted by molar-refractivity contribution is 0.277. The number of benzene rings is 1. The zero-order valence-corrected chi connectivity index (χ0v) is 17.9. The third kappa shape index (κ3) is 3.65. The SMILES string of the molecule is COc1ccccc1-c1nc2c(c(=O)n(CCCO)c(=O)n2C)n1Cc1ccc(N)cn1. The van der Waals surface area contributed by atoms with Crippen molar-refractivity contribution in [2.75, 3.05) is 19.5 Å². The van der Waals surface area contributed by atoms with Crippen molar-refractivity contribution in [3.05, 3.63) is 69.1 Å². The Kier molecular flexibility index (Phi) is 5.78. The molecule has 0 bridgehead atoms. The van der Waals surface area contributed by atoms with E-state index in [0.29, 0.717) is 28.5 Å². The molecule has 0 radical (unpaired) electrons. The molecule has 3 aromatic heterocycles. The first-order valence-corrected chi connectivity index (χ1v) is 10.1. The van der Waals surface area contributed by atoms with Crippen molar-refractivity contribution in [2.45, 2.75) is 19.5 Å². The van der Waals surface area contributed by atoms with Crippen LogP contribution in [0, 0.1) is 0 Å². The number of aromatic nitrogens is 5. The predicted octanol–water partition coefficient (Wildman–Crippen LogP) is 0.980. The number of nitrogens with zero attached hydrogens (tertiary/aromatic N) is 5. The molecule has 166 valence electrons. The topological polar surface area (TPSA) is 130 Å². The molecule has 0 aliphatic rings. The Morgan fingerprint density at radius 2 is 1.91 bits per heavy atom. The fourth-order valence-electron chi connectivity index (χ4n) is 3.68. The monoisotopic (exact) mass is 436 g/mol. The number of nitrogens with two attached hydrogens (primary N) is 1. The van der Waals surface area contributed by atoms with Gasteiger partial charge in [-0.2, -0.15) is 0 Å². The van der Waals surface area contributed by atoms with Gasteiger partial charge in [-0.25, -0.2) is 9.78 Å². The zero-order valence-electron chi connectivity index (χ0n) is 17.9. The van der Waals surface area contributed by atoms with Crippen LogP contribution in [-0.2, 0) is 20.1 Å². The summed E-state index contributed by atoms with van der Waals surface area (Å²) >= 11 is 0. The van der Waals surface area contributed by atoms with Crippen molar-refractivity contribution in [3.63, 3.8) is 0 Å². The summed E-state index contributed by atoms with van der Waals surface area (Å²) in [7, 11) is 3.13. The minimum atomic E-state index is -0.488. The van der Waals surface area contributed by atoms with E-state index in [9.17, 15) is 14.7 Å². The summed E-state index contributed by atoms with van der Waals surface area (Å²) in [5.74, 6) is 1.06. The van der Waals surface area contributed by atoms with E-state index in [-0.39, 0.29) is 37.3 Å². The second kappa shape index (κ2) is 8.67. The van der Waals surface area contributed by atoms with Gasteiger partial charge in [0.1, 0.15) is 11.6 Å². The Hall–Kier alpha value is -3.92. The highest BCUT2D eigenvalue weighted by molar-refractivity contribution is 5.79. The van der Waals surface area contributed by atoms with Crippen LogP contribution in [0.25, 0.3) is 22.6 Å². The lowest BCUT2D eigenvalue weighted by Crippen LogP contribution is -2.40. The van der Waals surface area contributed by atoms with E-state index in [1.54, 1.807) is 43.1 Å². The molecule has 0 aliphatic carbocycles. The largest absolute Gasteiger partial charge is 0.496 e. The number of fused-ring (bicyclic) bond motifs is 1. The predicted molar refractivity (Wildman–Crippen MR) is 121 cm³/mol. The molecule has 10 heteroatoms.